The largest absolute Gasteiger partial charge is 0.481 e. The number of rotatable bonds is 5. The second kappa shape index (κ2) is 5.87. The first kappa shape index (κ1) is 13.0. The van der Waals surface area contributed by atoms with Crippen LogP contribution in [0.5, 0.6) is 0 Å². The van der Waals surface area contributed by atoms with Gasteiger partial charge in [-0.2, -0.15) is 0 Å². The zero-order chi connectivity index (χ0) is 12.1. The van der Waals surface area contributed by atoms with Gasteiger partial charge in [-0.05, 0) is 32.6 Å². The number of carboxylic acids is 1. The molecule has 92 valence electrons. The lowest BCUT2D eigenvalue weighted by Crippen LogP contribution is -2.36. The van der Waals surface area contributed by atoms with E-state index in [9.17, 15) is 9.59 Å². The van der Waals surface area contributed by atoms with Crippen LogP contribution in [0.1, 0.15) is 39.5 Å². The lowest BCUT2D eigenvalue weighted by molar-refractivity contribution is -0.141. The predicted molar refractivity (Wildman–Crippen MR) is 61.0 cm³/mol. The van der Waals surface area contributed by atoms with Gasteiger partial charge in [0, 0.05) is 19.0 Å². The lowest BCUT2D eigenvalue weighted by Gasteiger charge is -2.23. The molecule has 1 aliphatic carbocycles. The van der Waals surface area contributed by atoms with Crippen molar-refractivity contribution in [3.8, 4) is 0 Å². The Labute approximate surface area is 96.6 Å². The van der Waals surface area contributed by atoms with Gasteiger partial charge < -0.3 is 10.0 Å². The number of nitrogens with zero attached hydrogens (tertiary/aromatic N) is 1. The van der Waals surface area contributed by atoms with Gasteiger partial charge in [0.05, 0.1) is 5.92 Å². The van der Waals surface area contributed by atoms with Crippen molar-refractivity contribution in [1.29, 1.82) is 0 Å². The summed E-state index contributed by atoms with van der Waals surface area (Å²) < 4.78 is 0. The number of hydrogen-bond donors (Lipinski definition) is 1. The highest BCUT2D eigenvalue weighted by molar-refractivity contribution is 5.81. The van der Waals surface area contributed by atoms with E-state index >= 15 is 0 Å². The minimum Gasteiger partial charge on any atom is -0.481 e. The van der Waals surface area contributed by atoms with Crippen molar-refractivity contribution in [2.45, 2.75) is 39.5 Å². The summed E-state index contributed by atoms with van der Waals surface area (Å²) in [7, 11) is 0. The Morgan fingerprint density at radius 2 is 1.88 bits per heavy atom. The smallest absolute Gasteiger partial charge is 0.306 e. The topological polar surface area (TPSA) is 57.6 Å². The second-order valence-electron chi connectivity index (χ2n) is 4.46. The zero-order valence-electron chi connectivity index (χ0n) is 10.1. The van der Waals surface area contributed by atoms with E-state index in [1.165, 1.54) is 0 Å². The summed E-state index contributed by atoms with van der Waals surface area (Å²) in [6, 6.07) is 0. The third kappa shape index (κ3) is 2.97. The first-order valence-corrected chi connectivity index (χ1v) is 6.11. The molecule has 4 nitrogen and oxygen atoms in total. The highest BCUT2D eigenvalue weighted by Gasteiger charge is 2.35. The fourth-order valence-corrected chi connectivity index (χ4v) is 2.38. The van der Waals surface area contributed by atoms with E-state index in [-0.39, 0.29) is 17.7 Å². The summed E-state index contributed by atoms with van der Waals surface area (Å²) in [6.07, 6.45) is 2.86. The number of hydrogen-bond acceptors (Lipinski definition) is 2. The Balaban J connectivity index is 2.52. The van der Waals surface area contributed by atoms with Crippen molar-refractivity contribution < 1.29 is 14.7 Å². The highest BCUT2D eigenvalue weighted by Crippen LogP contribution is 2.32. The first-order chi connectivity index (χ1) is 7.60. The van der Waals surface area contributed by atoms with Crippen LogP contribution in [0.2, 0.25) is 0 Å². The standard InChI is InChI=1S/C12H21NO3/c1-3-7-13(4-2)11(14)9-5-6-10(8-9)12(15)16/h9-10H,3-8H2,1-2H3,(H,15,16)/t9-,10+/m1/s1. The van der Waals surface area contributed by atoms with E-state index in [1.54, 1.807) is 0 Å². The molecule has 2 atom stereocenters. The molecule has 1 N–H and O–H groups in total. The molecule has 0 aliphatic heterocycles. The SMILES string of the molecule is CCCN(CC)C(=O)[C@@H]1CC[C@H](C(=O)O)C1. The fraction of sp³-hybridized carbons (Fsp3) is 0.833. The van der Waals surface area contributed by atoms with Crippen molar-refractivity contribution in [1.82, 2.24) is 4.90 Å². The third-order valence-corrected chi connectivity index (χ3v) is 3.32. The molecule has 0 aromatic heterocycles. The van der Waals surface area contributed by atoms with Crippen molar-refractivity contribution in [3.63, 3.8) is 0 Å². The van der Waals surface area contributed by atoms with Crippen LogP contribution in [0.3, 0.4) is 0 Å². The molecule has 0 bridgehead atoms. The van der Waals surface area contributed by atoms with Crippen LogP contribution in [0, 0.1) is 11.8 Å². The average Bonchev–Trinajstić information content (AvgIpc) is 2.74. The maximum Gasteiger partial charge on any atom is 0.306 e. The van der Waals surface area contributed by atoms with Gasteiger partial charge in [-0.3, -0.25) is 9.59 Å². The molecular formula is C12H21NO3. The van der Waals surface area contributed by atoms with Gasteiger partial charge >= 0.3 is 5.97 Å². The molecule has 1 amide bonds. The molecule has 4 heteroatoms. The molecule has 0 aromatic carbocycles. The molecule has 1 aliphatic rings. The van der Waals surface area contributed by atoms with E-state index in [4.69, 9.17) is 5.11 Å². The van der Waals surface area contributed by atoms with E-state index in [1.807, 2.05) is 18.7 Å². The van der Waals surface area contributed by atoms with Gasteiger partial charge in [0.1, 0.15) is 0 Å². The number of carbonyl (C=O) groups excluding carboxylic acids is 1. The van der Waals surface area contributed by atoms with Gasteiger partial charge in [0.25, 0.3) is 0 Å². The summed E-state index contributed by atoms with van der Waals surface area (Å²) in [5.41, 5.74) is 0. The van der Waals surface area contributed by atoms with Gasteiger partial charge in [0.2, 0.25) is 5.91 Å². The molecule has 0 radical (unpaired) electrons. The molecule has 1 saturated carbocycles. The van der Waals surface area contributed by atoms with Crippen LogP contribution < -0.4 is 0 Å². The summed E-state index contributed by atoms with van der Waals surface area (Å²) in [5.74, 6) is -0.983. The van der Waals surface area contributed by atoms with Crippen molar-refractivity contribution in [2.24, 2.45) is 11.8 Å². The Kier molecular flexibility index (Phi) is 4.77. The van der Waals surface area contributed by atoms with Gasteiger partial charge in [-0.1, -0.05) is 6.92 Å². The number of amides is 1. The average molecular weight is 227 g/mol. The van der Waals surface area contributed by atoms with Crippen molar-refractivity contribution in [3.05, 3.63) is 0 Å². The molecule has 16 heavy (non-hydrogen) atoms. The predicted octanol–water partition coefficient (Wildman–Crippen LogP) is 1.75. The molecule has 0 aromatic rings. The monoisotopic (exact) mass is 227 g/mol. The molecule has 0 saturated heterocycles. The normalized spacial score (nSPS) is 24.4. The summed E-state index contributed by atoms with van der Waals surface area (Å²) in [6.45, 7) is 5.52. The molecular weight excluding hydrogens is 206 g/mol. The van der Waals surface area contributed by atoms with Crippen LogP contribution in [-0.2, 0) is 9.59 Å². The zero-order valence-corrected chi connectivity index (χ0v) is 10.1. The van der Waals surface area contributed by atoms with Crippen LogP contribution in [0.15, 0.2) is 0 Å². The summed E-state index contributed by atoms with van der Waals surface area (Å²) >= 11 is 0. The Morgan fingerprint density at radius 3 is 2.31 bits per heavy atom. The maximum atomic E-state index is 12.1. The van der Waals surface area contributed by atoms with E-state index in [0.29, 0.717) is 12.8 Å². The molecule has 1 fully saturated rings. The third-order valence-electron chi connectivity index (χ3n) is 3.32. The minimum atomic E-state index is -0.756. The van der Waals surface area contributed by atoms with Crippen molar-refractivity contribution >= 4 is 11.9 Å². The quantitative estimate of drug-likeness (QED) is 0.778. The van der Waals surface area contributed by atoms with Crippen LogP contribution in [0.25, 0.3) is 0 Å². The Bertz CT molecular complexity index is 265. The van der Waals surface area contributed by atoms with Crippen LogP contribution >= 0.6 is 0 Å². The Morgan fingerprint density at radius 1 is 1.25 bits per heavy atom. The number of carbonyl (C=O) groups is 2. The van der Waals surface area contributed by atoms with E-state index < -0.39 is 5.97 Å². The Hall–Kier alpha value is -1.06. The summed E-state index contributed by atoms with van der Waals surface area (Å²) in [5, 5.41) is 8.89. The summed E-state index contributed by atoms with van der Waals surface area (Å²) in [4.78, 5) is 24.7. The fourth-order valence-electron chi connectivity index (χ4n) is 2.38. The molecule has 0 heterocycles. The van der Waals surface area contributed by atoms with E-state index in [0.717, 1.165) is 25.9 Å². The van der Waals surface area contributed by atoms with Gasteiger partial charge in [-0.15, -0.1) is 0 Å². The minimum absolute atomic E-state index is 0.0624. The van der Waals surface area contributed by atoms with Crippen LogP contribution in [0.4, 0.5) is 0 Å². The molecule has 0 spiro atoms. The molecule has 0 unspecified atom stereocenters. The van der Waals surface area contributed by atoms with E-state index in [2.05, 4.69) is 0 Å². The van der Waals surface area contributed by atoms with Gasteiger partial charge in [-0.25, -0.2) is 0 Å². The van der Waals surface area contributed by atoms with Crippen molar-refractivity contribution in [2.75, 3.05) is 13.1 Å². The first-order valence-electron chi connectivity index (χ1n) is 6.11. The maximum absolute atomic E-state index is 12.1. The number of aliphatic carboxylic acids is 1. The second-order valence-corrected chi connectivity index (χ2v) is 4.46. The lowest BCUT2D eigenvalue weighted by atomic mass is 10.0. The van der Waals surface area contributed by atoms with Gasteiger partial charge in [0.15, 0.2) is 0 Å². The molecule has 1 rings (SSSR count). The number of carboxylic acid groups (broad SMARTS) is 1. The van der Waals surface area contributed by atoms with Crippen LogP contribution in [-0.4, -0.2) is 35.0 Å². The highest BCUT2D eigenvalue weighted by atomic mass is 16.4.